The van der Waals surface area contributed by atoms with Crippen molar-refractivity contribution < 1.29 is 14.3 Å². The Labute approximate surface area is 183 Å². The molecule has 0 aliphatic heterocycles. The third kappa shape index (κ3) is 6.44. The van der Waals surface area contributed by atoms with Crippen molar-refractivity contribution in [3.05, 3.63) is 102 Å². The lowest BCUT2D eigenvalue weighted by atomic mass is 9.98. The predicted molar refractivity (Wildman–Crippen MR) is 122 cm³/mol. The summed E-state index contributed by atoms with van der Waals surface area (Å²) in [6.45, 7) is 4.37. The van der Waals surface area contributed by atoms with Crippen LogP contribution in [0.4, 0.5) is 0 Å². The molecular weight excluding hydrogens is 388 g/mol. The van der Waals surface area contributed by atoms with Gasteiger partial charge in [-0.15, -0.1) is 0 Å². The minimum Gasteiger partial charge on any atom is -0.494 e. The van der Waals surface area contributed by atoms with E-state index in [0.29, 0.717) is 12.2 Å². The fourth-order valence-corrected chi connectivity index (χ4v) is 3.37. The van der Waals surface area contributed by atoms with E-state index in [4.69, 9.17) is 4.74 Å². The van der Waals surface area contributed by atoms with E-state index >= 15 is 0 Å². The Hall–Kier alpha value is -3.60. The van der Waals surface area contributed by atoms with Gasteiger partial charge in [0.25, 0.3) is 5.91 Å². The molecule has 2 N–H and O–H groups in total. The van der Waals surface area contributed by atoms with E-state index in [9.17, 15) is 9.59 Å². The quantitative estimate of drug-likeness (QED) is 0.540. The van der Waals surface area contributed by atoms with Crippen molar-refractivity contribution in [3.8, 4) is 5.75 Å². The minimum atomic E-state index is -0.301. The largest absolute Gasteiger partial charge is 0.494 e. The highest BCUT2D eigenvalue weighted by molar-refractivity contribution is 5.94. The van der Waals surface area contributed by atoms with Gasteiger partial charge < -0.3 is 15.4 Å². The van der Waals surface area contributed by atoms with Gasteiger partial charge in [-0.1, -0.05) is 60.7 Å². The number of carbonyl (C=O) groups is 2. The summed E-state index contributed by atoms with van der Waals surface area (Å²) in [5, 5.41) is 6.00. The molecule has 0 aliphatic carbocycles. The lowest BCUT2D eigenvalue weighted by Gasteiger charge is -2.22. The average molecular weight is 417 g/mol. The Morgan fingerprint density at radius 2 is 1.39 bits per heavy atom. The van der Waals surface area contributed by atoms with E-state index in [1.54, 1.807) is 12.1 Å². The average Bonchev–Trinajstić information content (AvgIpc) is 2.79. The molecule has 0 saturated carbocycles. The molecule has 0 spiro atoms. The summed E-state index contributed by atoms with van der Waals surface area (Å²) in [6.07, 6.45) is 0.180. The molecule has 5 nitrogen and oxygen atoms in total. The van der Waals surface area contributed by atoms with Gasteiger partial charge in [0.1, 0.15) is 5.75 Å². The molecular formula is C26H28N2O3. The Bertz CT molecular complexity index is 973. The molecule has 0 fully saturated rings. The molecule has 0 radical (unpaired) electrons. The molecule has 0 saturated heterocycles. The summed E-state index contributed by atoms with van der Waals surface area (Å²) in [5.74, 6) is 0.470. The Balaban J connectivity index is 1.67. The first kappa shape index (κ1) is 22.1. The summed E-state index contributed by atoms with van der Waals surface area (Å²) in [4.78, 5) is 25.1. The lowest BCUT2D eigenvalue weighted by molar-refractivity contribution is -0.121. The molecule has 3 aromatic rings. The fourth-order valence-electron chi connectivity index (χ4n) is 3.37. The number of carbonyl (C=O) groups excluding carboxylic acids is 2. The molecule has 2 amide bonds. The first-order valence-electron chi connectivity index (χ1n) is 10.5. The van der Waals surface area contributed by atoms with Crippen LogP contribution >= 0.6 is 0 Å². The Kier molecular flexibility index (Phi) is 7.82. The van der Waals surface area contributed by atoms with Gasteiger partial charge in [-0.3, -0.25) is 9.59 Å². The van der Waals surface area contributed by atoms with Crippen LogP contribution in [0.15, 0.2) is 84.9 Å². The number of amides is 2. The van der Waals surface area contributed by atoms with Crippen LogP contribution < -0.4 is 15.4 Å². The second-order valence-corrected chi connectivity index (χ2v) is 7.36. The zero-order valence-electron chi connectivity index (χ0n) is 17.9. The molecule has 3 rings (SSSR count). The summed E-state index contributed by atoms with van der Waals surface area (Å²) >= 11 is 0. The molecule has 160 valence electrons. The van der Waals surface area contributed by atoms with Gasteiger partial charge in [-0.25, -0.2) is 0 Å². The summed E-state index contributed by atoms with van der Waals surface area (Å²) in [5.41, 5.74) is 2.52. The molecule has 5 heteroatoms. The van der Waals surface area contributed by atoms with Crippen LogP contribution in [0.1, 0.15) is 47.8 Å². The van der Waals surface area contributed by atoms with E-state index in [0.717, 1.165) is 16.9 Å². The number of nitrogens with one attached hydrogen (secondary N) is 2. The predicted octanol–water partition coefficient (Wildman–Crippen LogP) is 4.50. The molecule has 0 bridgehead atoms. The third-order valence-electron chi connectivity index (χ3n) is 4.87. The van der Waals surface area contributed by atoms with Gasteiger partial charge in [0, 0.05) is 18.0 Å². The van der Waals surface area contributed by atoms with Crippen LogP contribution in [0.2, 0.25) is 0 Å². The first-order chi connectivity index (χ1) is 15.1. The van der Waals surface area contributed by atoms with Gasteiger partial charge in [-0.05, 0) is 49.2 Å². The molecule has 2 unspecified atom stereocenters. The SMILES string of the molecule is CCOc1ccc(C(NC(=O)CC(C)NC(=O)c2ccccc2)c2ccccc2)cc1. The summed E-state index contributed by atoms with van der Waals surface area (Å²) in [6, 6.07) is 26.0. The lowest BCUT2D eigenvalue weighted by Crippen LogP contribution is -2.38. The van der Waals surface area contributed by atoms with Gasteiger partial charge in [0.15, 0.2) is 0 Å². The normalized spacial score (nSPS) is 12.5. The fraction of sp³-hybridized carbons (Fsp3) is 0.231. The standard InChI is InChI=1S/C26H28N2O3/c1-3-31-23-16-14-21(15-17-23)25(20-10-6-4-7-11-20)28-24(29)18-19(2)27-26(30)22-12-8-5-9-13-22/h4-17,19,25H,3,18H2,1-2H3,(H,27,30)(H,28,29). The van der Waals surface area contributed by atoms with E-state index in [-0.39, 0.29) is 30.3 Å². The first-order valence-corrected chi connectivity index (χ1v) is 10.5. The van der Waals surface area contributed by atoms with Crippen molar-refractivity contribution in [2.75, 3.05) is 6.61 Å². The number of hydrogen-bond acceptors (Lipinski definition) is 3. The second kappa shape index (κ2) is 11.0. The van der Waals surface area contributed by atoms with Crippen molar-refractivity contribution >= 4 is 11.8 Å². The Morgan fingerprint density at radius 1 is 0.806 bits per heavy atom. The van der Waals surface area contributed by atoms with Crippen LogP contribution in [0.5, 0.6) is 5.75 Å². The van der Waals surface area contributed by atoms with Crippen LogP contribution in [0.3, 0.4) is 0 Å². The number of benzene rings is 3. The zero-order chi connectivity index (χ0) is 22.1. The van der Waals surface area contributed by atoms with E-state index < -0.39 is 0 Å². The summed E-state index contributed by atoms with van der Waals surface area (Å²) < 4.78 is 5.53. The van der Waals surface area contributed by atoms with Crippen LogP contribution in [0.25, 0.3) is 0 Å². The third-order valence-corrected chi connectivity index (χ3v) is 4.87. The minimum absolute atomic E-state index is 0.136. The van der Waals surface area contributed by atoms with E-state index in [2.05, 4.69) is 10.6 Å². The molecule has 0 aliphatic rings. The molecule has 0 aromatic heterocycles. The molecule has 31 heavy (non-hydrogen) atoms. The monoisotopic (exact) mass is 416 g/mol. The van der Waals surface area contributed by atoms with Crippen molar-refractivity contribution in [1.82, 2.24) is 10.6 Å². The zero-order valence-corrected chi connectivity index (χ0v) is 17.9. The van der Waals surface area contributed by atoms with Crippen molar-refractivity contribution in [3.63, 3.8) is 0 Å². The van der Waals surface area contributed by atoms with E-state index in [1.165, 1.54) is 0 Å². The van der Waals surface area contributed by atoms with Gasteiger partial charge in [0.2, 0.25) is 5.91 Å². The topological polar surface area (TPSA) is 67.4 Å². The van der Waals surface area contributed by atoms with Crippen molar-refractivity contribution in [2.45, 2.75) is 32.4 Å². The van der Waals surface area contributed by atoms with Crippen LogP contribution in [-0.4, -0.2) is 24.5 Å². The van der Waals surface area contributed by atoms with Crippen LogP contribution in [-0.2, 0) is 4.79 Å². The highest BCUT2D eigenvalue weighted by Gasteiger charge is 2.19. The molecule has 2 atom stereocenters. The molecule has 0 heterocycles. The Morgan fingerprint density at radius 3 is 2.00 bits per heavy atom. The highest BCUT2D eigenvalue weighted by Crippen LogP contribution is 2.24. The maximum atomic E-state index is 12.8. The second-order valence-electron chi connectivity index (χ2n) is 7.36. The number of hydrogen-bond donors (Lipinski definition) is 2. The van der Waals surface area contributed by atoms with Gasteiger partial charge in [-0.2, -0.15) is 0 Å². The maximum Gasteiger partial charge on any atom is 0.251 e. The van der Waals surface area contributed by atoms with Gasteiger partial charge >= 0.3 is 0 Å². The van der Waals surface area contributed by atoms with Gasteiger partial charge in [0.05, 0.1) is 12.6 Å². The smallest absolute Gasteiger partial charge is 0.251 e. The molecule has 3 aromatic carbocycles. The maximum absolute atomic E-state index is 12.8. The summed E-state index contributed by atoms with van der Waals surface area (Å²) in [7, 11) is 0. The van der Waals surface area contributed by atoms with Crippen molar-refractivity contribution in [2.24, 2.45) is 0 Å². The van der Waals surface area contributed by atoms with Crippen molar-refractivity contribution in [1.29, 1.82) is 0 Å². The van der Waals surface area contributed by atoms with E-state index in [1.807, 2.05) is 86.6 Å². The van der Waals surface area contributed by atoms with Crippen LogP contribution in [0, 0.1) is 0 Å². The number of rotatable bonds is 9. The highest BCUT2D eigenvalue weighted by atomic mass is 16.5. The number of ether oxygens (including phenoxy) is 1.